The van der Waals surface area contributed by atoms with Crippen molar-refractivity contribution in [2.24, 2.45) is 0 Å². The molecule has 0 radical (unpaired) electrons. The summed E-state index contributed by atoms with van der Waals surface area (Å²) in [5.74, 6) is -1.92. The van der Waals surface area contributed by atoms with Crippen LogP contribution in [0.5, 0.6) is 0 Å². The van der Waals surface area contributed by atoms with Crippen molar-refractivity contribution in [3.05, 3.63) is 48.0 Å². The number of halogens is 3. The molecule has 2 aromatic carbocycles. The van der Waals surface area contributed by atoms with Gasteiger partial charge in [-0.2, -0.15) is 13.2 Å². The van der Waals surface area contributed by atoms with E-state index < -0.39 is 35.5 Å². The van der Waals surface area contributed by atoms with Crippen molar-refractivity contribution in [3.63, 3.8) is 0 Å². The van der Waals surface area contributed by atoms with Crippen LogP contribution in [0.15, 0.2) is 47.4 Å². The second kappa shape index (κ2) is 10.6. The third kappa shape index (κ3) is 6.25. The number of esters is 1. The number of benzene rings is 2. The van der Waals surface area contributed by atoms with Crippen molar-refractivity contribution in [2.45, 2.75) is 22.7 Å². The maximum atomic E-state index is 13.2. The molecule has 4 rings (SSSR count). The second-order valence-electron chi connectivity index (χ2n) is 7.83. The highest BCUT2D eigenvalue weighted by Crippen LogP contribution is 2.37. The zero-order valence-corrected chi connectivity index (χ0v) is 19.2. The molecule has 2 aliphatic rings. The molecule has 2 heterocycles. The van der Waals surface area contributed by atoms with Gasteiger partial charge in [0.2, 0.25) is 5.91 Å². The van der Waals surface area contributed by atoms with E-state index in [4.69, 9.17) is 9.47 Å². The first kappa shape index (κ1) is 24.9. The van der Waals surface area contributed by atoms with Crippen molar-refractivity contribution in [3.8, 4) is 0 Å². The largest absolute Gasteiger partial charge is 0.456 e. The predicted molar refractivity (Wildman–Crippen MR) is 123 cm³/mol. The van der Waals surface area contributed by atoms with E-state index in [9.17, 15) is 27.6 Å². The molecule has 1 atom stereocenters. The van der Waals surface area contributed by atoms with Crippen LogP contribution < -0.4 is 15.5 Å². The van der Waals surface area contributed by atoms with Gasteiger partial charge in [-0.15, -0.1) is 11.8 Å². The van der Waals surface area contributed by atoms with Crippen LogP contribution in [0.4, 0.5) is 30.2 Å². The highest BCUT2D eigenvalue weighted by atomic mass is 32.2. The van der Waals surface area contributed by atoms with E-state index in [1.54, 1.807) is 12.1 Å². The Hall–Kier alpha value is -3.25. The summed E-state index contributed by atoms with van der Waals surface area (Å²) in [7, 11) is 0. The Morgan fingerprint density at radius 1 is 1.17 bits per heavy atom. The third-order valence-electron chi connectivity index (χ3n) is 5.37. The minimum absolute atomic E-state index is 0.0402. The summed E-state index contributed by atoms with van der Waals surface area (Å²) in [6, 6.07) is 10.2. The fourth-order valence-electron chi connectivity index (χ4n) is 3.66. The number of nitrogens with one attached hydrogen (secondary N) is 2. The summed E-state index contributed by atoms with van der Waals surface area (Å²) in [6.07, 6.45) is -4.85. The van der Waals surface area contributed by atoms with Crippen LogP contribution in [0.3, 0.4) is 0 Å². The summed E-state index contributed by atoms with van der Waals surface area (Å²) in [6.45, 7) is 1.01. The lowest BCUT2D eigenvalue weighted by atomic mass is 10.1. The van der Waals surface area contributed by atoms with Crippen LogP contribution in [0.25, 0.3) is 0 Å². The number of alkyl halides is 3. The maximum Gasteiger partial charge on any atom is 0.416 e. The number of thioether (sulfide) groups is 1. The number of hydrogen-bond acceptors (Lipinski definition) is 7. The average molecular weight is 510 g/mol. The van der Waals surface area contributed by atoms with Gasteiger partial charge in [-0.1, -0.05) is 12.1 Å². The monoisotopic (exact) mass is 509 g/mol. The molecule has 8 nitrogen and oxygen atoms in total. The molecule has 2 N–H and O–H groups in total. The van der Waals surface area contributed by atoms with Crippen molar-refractivity contribution in [2.75, 3.05) is 48.4 Å². The van der Waals surface area contributed by atoms with Gasteiger partial charge in [0.25, 0.3) is 5.91 Å². The molecule has 0 aliphatic carbocycles. The van der Waals surface area contributed by atoms with Gasteiger partial charge in [0, 0.05) is 18.0 Å². The van der Waals surface area contributed by atoms with Crippen LogP contribution in [-0.2, 0) is 30.0 Å². The number of anilines is 3. The number of amides is 2. The molecule has 0 spiro atoms. The quantitative estimate of drug-likeness (QED) is 0.575. The van der Waals surface area contributed by atoms with Crippen molar-refractivity contribution in [1.29, 1.82) is 0 Å². The highest BCUT2D eigenvalue weighted by molar-refractivity contribution is 8.01. The first-order chi connectivity index (χ1) is 16.7. The number of morpholine rings is 1. The molecule has 2 amide bonds. The van der Waals surface area contributed by atoms with Crippen LogP contribution in [0.1, 0.15) is 12.0 Å². The van der Waals surface area contributed by atoms with Crippen molar-refractivity contribution < 1.29 is 37.0 Å². The lowest BCUT2D eigenvalue weighted by molar-refractivity contribution is -0.147. The Kier molecular flexibility index (Phi) is 7.51. The average Bonchev–Trinajstić information content (AvgIpc) is 2.83. The fourth-order valence-corrected chi connectivity index (χ4v) is 4.76. The SMILES string of the molecule is O=C(COC(=O)CC1Sc2ccccc2NC1=O)Nc1cc(C(F)(F)F)ccc1N1CCOCC1. The summed E-state index contributed by atoms with van der Waals surface area (Å²) >= 11 is 1.22. The first-order valence-electron chi connectivity index (χ1n) is 10.8. The molecule has 35 heavy (non-hydrogen) atoms. The topological polar surface area (TPSA) is 97.0 Å². The summed E-state index contributed by atoms with van der Waals surface area (Å²) in [5, 5.41) is 4.41. The Bertz CT molecular complexity index is 1120. The van der Waals surface area contributed by atoms with E-state index in [-0.39, 0.29) is 18.0 Å². The van der Waals surface area contributed by atoms with Gasteiger partial charge in [0.15, 0.2) is 6.61 Å². The number of rotatable bonds is 6. The van der Waals surface area contributed by atoms with E-state index in [2.05, 4.69) is 10.6 Å². The first-order valence-corrected chi connectivity index (χ1v) is 11.6. The van der Waals surface area contributed by atoms with Crippen LogP contribution in [-0.4, -0.2) is 55.9 Å². The Balaban J connectivity index is 1.37. The van der Waals surface area contributed by atoms with E-state index in [0.29, 0.717) is 37.7 Å². The number of hydrogen-bond donors (Lipinski definition) is 2. The van der Waals surface area contributed by atoms with Crippen LogP contribution in [0.2, 0.25) is 0 Å². The maximum absolute atomic E-state index is 13.2. The van der Waals surface area contributed by atoms with Gasteiger partial charge in [0.05, 0.1) is 47.5 Å². The molecule has 0 saturated carbocycles. The number of fused-ring (bicyclic) bond motifs is 1. The fraction of sp³-hybridized carbons (Fsp3) is 0.348. The van der Waals surface area contributed by atoms with Gasteiger partial charge < -0.3 is 25.0 Å². The van der Waals surface area contributed by atoms with E-state index >= 15 is 0 Å². The predicted octanol–water partition coefficient (Wildman–Crippen LogP) is 3.53. The Morgan fingerprint density at radius 3 is 2.66 bits per heavy atom. The van der Waals surface area contributed by atoms with E-state index in [0.717, 1.165) is 17.0 Å². The summed E-state index contributed by atoms with van der Waals surface area (Å²) < 4.78 is 50.0. The molecule has 1 fully saturated rings. The van der Waals surface area contributed by atoms with Crippen molar-refractivity contribution >= 4 is 46.6 Å². The van der Waals surface area contributed by atoms with Gasteiger partial charge in [-0.05, 0) is 30.3 Å². The zero-order valence-electron chi connectivity index (χ0n) is 18.4. The number of ether oxygens (including phenoxy) is 2. The smallest absolute Gasteiger partial charge is 0.416 e. The third-order valence-corrected chi connectivity index (χ3v) is 6.65. The molecule has 186 valence electrons. The molecule has 0 aromatic heterocycles. The van der Waals surface area contributed by atoms with E-state index in [1.807, 2.05) is 17.0 Å². The van der Waals surface area contributed by atoms with Gasteiger partial charge >= 0.3 is 12.1 Å². The minimum atomic E-state index is -4.59. The van der Waals surface area contributed by atoms with Gasteiger partial charge in [0.1, 0.15) is 0 Å². The number of carbonyl (C=O) groups is 3. The summed E-state index contributed by atoms with van der Waals surface area (Å²) in [5.41, 5.74) is 0.114. The molecule has 1 unspecified atom stereocenters. The molecule has 0 bridgehead atoms. The lowest BCUT2D eigenvalue weighted by Crippen LogP contribution is -2.37. The number of carbonyl (C=O) groups excluding carboxylic acids is 3. The van der Waals surface area contributed by atoms with Gasteiger partial charge in [-0.3, -0.25) is 14.4 Å². The summed E-state index contributed by atoms with van der Waals surface area (Å²) in [4.78, 5) is 39.6. The molecule has 2 aromatic rings. The number of para-hydroxylation sites is 1. The highest BCUT2D eigenvalue weighted by Gasteiger charge is 2.32. The Labute approximate surface area is 203 Å². The second-order valence-corrected chi connectivity index (χ2v) is 9.08. The molecule has 12 heteroatoms. The molecular formula is C23H22F3N3O5S. The normalized spacial score (nSPS) is 17.9. The van der Waals surface area contributed by atoms with Crippen molar-refractivity contribution in [1.82, 2.24) is 0 Å². The molecule has 1 saturated heterocycles. The number of nitrogens with zero attached hydrogens (tertiary/aromatic N) is 1. The molecule has 2 aliphatic heterocycles. The van der Waals surface area contributed by atoms with Gasteiger partial charge in [-0.25, -0.2) is 0 Å². The standard InChI is InChI=1S/C23H22F3N3O5S/c24-23(25,26)14-5-6-17(29-7-9-33-10-8-29)16(11-14)27-20(30)13-34-21(31)12-19-22(32)28-15-3-1-2-4-18(15)35-19/h1-6,11,19H,7-10,12-13H2,(H,27,30)(H,28,32). The van der Waals surface area contributed by atoms with E-state index in [1.165, 1.54) is 17.8 Å². The van der Waals surface area contributed by atoms with Crippen LogP contribution in [0, 0.1) is 0 Å². The minimum Gasteiger partial charge on any atom is -0.456 e. The van der Waals surface area contributed by atoms with Crippen LogP contribution >= 0.6 is 11.8 Å². The molecular weight excluding hydrogens is 487 g/mol. The lowest BCUT2D eigenvalue weighted by Gasteiger charge is -2.31. The Morgan fingerprint density at radius 2 is 1.91 bits per heavy atom. The zero-order chi connectivity index (χ0) is 25.0.